The zero-order valence-corrected chi connectivity index (χ0v) is 9.18. The van der Waals surface area contributed by atoms with Gasteiger partial charge in [-0.05, 0) is 0 Å². The maximum Gasteiger partial charge on any atom is 0.158 e. The maximum atomic E-state index is 4.31. The molecule has 0 aliphatic carbocycles. The summed E-state index contributed by atoms with van der Waals surface area (Å²) in [6.07, 6.45) is 7.13. The SMILES string of the molecule is c1cn(Cc2cscn2)c(-c2cnc[nH]2)n1. The molecule has 0 unspecified atom stereocenters. The highest BCUT2D eigenvalue weighted by Crippen LogP contribution is 2.15. The van der Waals surface area contributed by atoms with Gasteiger partial charge in [-0.15, -0.1) is 11.3 Å². The van der Waals surface area contributed by atoms with E-state index in [1.807, 2.05) is 21.7 Å². The largest absolute Gasteiger partial charge is 0.342 e. The molecule has 0 atom stereocenters. The van der Waals surface area contributed by atoms with Gasteiger partial charge in [0, 0.05) is 17.8 Å². The molecule has 0 spiro atoms. The van der Waals surface area contributed by atoms with Crippen LogP contribution < -0.4 is 0 Å². The number of nitrogens with one attached hydrogen (secondary N) is 1. The van der Waals surface area contributed by atoms with Gasteiger partial charge in [0.05, 0.1) is 30.3 Å². The quantitative estimate of drug-likeness (QED) is 0.747. The van der Waals surface area contributed by atoms with E-state index in [0.29, 0.717) is 0 Å². The van der Waals surface area contributed by atoms with Crippen LogP contribution in [0.15, 0.2) is 35.8 Å². The molecule has 5 nitrogen and oxygen atoms in total. The zero-order valence-electron chi connectivity index (χ0n) is 8.37. The van der Waals surface area contributed by atoms with Crippen LogP contribution in [-0.4, -0.2) is 24.5 Å². The Labute approximate surface area is 95.8 Å². The number of aromatic nitrogens is 5. The van der Waals surface area contributed by atoms with Crippen molar-refractivity contribution in [3.63, 3.8) is 0 Å². The van der Waals surface area contributed by atoms with E-state index in [1.165, 1.54) is 0 Å². The normalized spacial score (nSPS) is 10.8. The van der Waals surface area contributed by atoms with Crippen LogP contribution in [0.4, 0.5) is 0 Å². The summed E-state index contributed by atoms with van der Waals surface area (Å²) in [5.41, 5.74) is 3.80. The average Bonchev–Trinajstić information content (AvgIpc) is 2.98. The fourth-order valence-electron chi connectivity index (χ4n) is 1.55. The summed E-state index contributed by atoms with van der Waals surface area (Å²) in [6.45, 7) is 0.734. The fraction of sp³-hybridized carbons (Fsp3) is 0.100. The molecule has 80 valence electrons. The number of nitrogens with zero attached hydrogens (tertiary/aromatic N) is 4. The first-order valence-electron chi connectivity index (χ1n) is 4.80. The fourth-order valence-corrected chi connectivity index (χ4v) is 2.10. The number of hydrogen-bond donors (Lipinski definition) is 1. The van der Waals surface area contributed by atoms with Gasteiger partial charge in [0.15, 0.2) is 5.82 Å². The summed E-state index contributed by atoms with van der Waals surface area (Å²) in [5, 5.41) is 2.04. The molecule has 16 heavy (non-hydrogen) atoms. The Bertz CT molecular complexity index is 552. The zero-order chi connectivity index (χ0) is 10.8. The van der Waals surface area contributed by atoms with E-state index in [2.05, 4.69) is 19.9 Å². The van der Waals surface area contributed by atoms with E-state index < -0.39 is 0 Å². The molecule has 0 saturated heterocycles. The van der Waals surface area contributed by atoms with E-state index in [0.717, 1.165) is 23.8 Å². The second-order valence-corrected chi connectivity index (χ2v) is 4.04. The Hall–Kier alpha value is -1.95. The Morgan fingerprint density at radius 2 is 2.38 bits per heavy atom. The molecule has 3 aromatic heterocycles. The average molecular weight is 231 g/mol. The van der Waals surface area contributed by atoms with Crippen molar-refractivity contribution in [3.8, 4) is 11.5 Å². The minimum atomic E-state index is 0.734. The molecule has 3 heterocycles. The second-order valence-electron chi connectivity index (χ2n) is 3.32. The number of thiazole rings is 1. The summed E-state index contributed by atoms with van der Waals surface area (Å²) in [7, 11) is 0. The van der Waals surface area contributed by atoms with Crippen LogP contribution in [0.3, 0.4) is 0 Å². The lowest BCUT2D eigenvalue weighted by atomic mass is 10.4. The first-order chi connectivity index (χ1) is 7.93. The van der Waals surface area contributed by atoms with Gasteiger partial charge in [-0.2, -0.15) is 0 Å². The van der Waals surface area contributed by atoms with E-state index in [1.54, 1.807) is 30.1 Å². The van der Waals surface area contributed by atoms with Crippen LogP contribution >= 0.6 is 11.3 Å². The Balaban J connectivity index is 1.94. The molecule has 3 rings (SSSR count). The van der Waals surface area contributed by atoms with Gasteiger partial charge >= 0.3 is 0 Å². The maximum absolute atomic E-state index is 4.31. The van der Waals surface area contributed by atoms with E-state index in [4.69, 9.17) is 0 Å². The van der Waals surface area contributed by atoms with Crippen molar-refractivity contribution in [3.05, 3.63) is 41.5 Å². The molecule has 0 saturated carbocycles. The van der Waals surface area contributed by atoms with Crippen molar-refractivity contribution in [1.82, 2.24) is 24.5 Å². The van der Waals surface area contributed by atoms with Crippen LogP contribution in [0.5, 0.6) is 0 Å². The predicted octanol–water partition coefficient (Wildman–Crippen LogP) is 1.78. The molecule has 0 aromatic carbocycles. The van der Waals surface area contributed by atoms with E-state index in [-0.39, 0.29) is 0 Å². The Morgan fingerprint density at radius 1 is 1.38 bits per heavy atom. The summed E-state index contributed by atoms with van der Waals surface area (Å²) >= 11 is 1.60. The predicted molar refractivity (Wildman–Crippen MR) is 61.0 cm³/mol. The van der Waals surface area contributed by atoms with Crippen LogP contribution in [0.25, 0.3) is 11.5 Å². The smallest absolute Gasteiger partial charge is 0.158 e. The second kappa shape index (κ2) is 3.90. The van der Waals surface area contributed by atoms with Crippen LogP contribution in [0, 0.1) is 0 Å². The summed E-state index contributed by atoms with van der Waals surface area (Å²) in [4.78, 5) is 15.6. The Morgan fingerprint density at radius 3 is 3.12 bits per heavy atom. The molecule has 6 heteroatoms. The molecule has 1 N–H and O–H groups in total. The molecular weight excluding hydrogens is 222 g/mol. The number of rotatable bonds is 3. The van der Waals surface area contributed by atoms with Gasteiger partial charge in [0.2, 0.25) is 0 Å². The van der Waals surface area contributed by atoms with Crippen molar-refractivity contribution in [2.45, 2.75) is 6.54 Å². The van der Waals surface area contributed by atoms with Gasteiger partial charge in [-0.1, -0.05) is 0 Å². The molecule has 0 amide bonds. The first kappa shape index (κ1) is 9.29. The number of imidazole rings is 2. The third-order valence-corrected chi connectivity index (χ3v) is 2.91. The lowest BCUT2D eigenvalue weighted by molar-refractivity contribution is 0.785. The Kier molecular flexibility index (Phi) is 2.26. The summed E-state index contributed by atoms with van der Waals surface area (Å²) in [6, 6.07) is 0. The van der Waals surface area contributed by atoms with Gasteiger partial charge in [-0.25, -0.2) is 15.0 Å². The highest BCUT2D eigenvalue weighted by Gasteiger charge is 2.07. The molecule has 0 aliphatic heterocycles. The highest BCUT2D eigenvalue weighted by molar-refractivity contribution is 7.07. The molecule has 3 aromatic rings. The monoisotopic (exact) mass is 231 g/mol. The van der Waals surface area contributed by atoms with Crippen molar-refractivity contribution in [2.75, 3.05) is 0 Å². The molecule has 0 aliphatic rings. The van der Waals surface area contributed by atoms with Crippen LogP contribution in [0.2, 0.25) is 0 Å². The van der Waals surface area contributed by atoms with Crippen molar-refractivity contribution in [1.29, 1.82) is 0 Å². The lowest BCUT2D eigenvalue weighted by Gasteiger charge is -2.03. The van der Waals surface area contributed by atoms with Crippen LogP contribution in [0.1, 0.15) is 5.69 Å². The number of aromatic amines is 1. The van der Waals surface area contributed by atoms with Gasteiger partial charge in [0.25, 0.3) is 0 Å². The van der Waals surface area contributed by atoms with Crippen LogP contribution in [-0.2, 0) is 6.54 Å². The van der Waals surface area contributed by atoms with E-state index in [9.17, 15) is 0 Å². The lowest BCUT2D eigenvalue weighted by Crippen LogP contribution is -2.01. The van der Waals surface area contributed by atoms with Gasteiger partial charge in [0.1, 0.15) is 5.69 Å². The molecule has 0 radical (unpaired) electrons. The third kappa shape index (κ3) is 1.63. The van der Waals surface area contributed by atoms with E-state index >= 15 is 0 Å². The first-order valence-corrected chi connectivity index (χ1v) is 5.75. The molecule has 0 bridgehead atoms. The van der Waals surface area contributed by atoms with Crippen molar-refractivity contribution >= 4 is 11.3 Å². The summed E-state index contributed by atoms with van der Waals surface area (Å²) in [5.74, 6) is 0.880. The molecular formula is C10H9N5S. The van der Waals surface area contributed by atoms with Gasteiger partial charge < -0.3 is 9.55 Å². The standard InChI is InChI=1S/C10H9N5S/c1-2-15(4-8-5-16-7-14-8)10(12-1)9-3-11-6-13-9/h1-3,5-7H,4H2,(H,11,13). The van der Waals surface area contributed by atoms with Gasteiger partial charge in [-0.3, -0.25) is 0 Å². The molecule has 0 fully saturated rings. The number of H-pyrrole nitrogens is 1. The third-order valence-electron chi connectivity index (χ3n) is 2.27. The minimum Gasteiger partial charge on any atom is -0.342 e. The van der Waals surface area contributed by atoms with Crippen molar-refractivity contribution < 1.29 is 0 Å². The highest BCUT2D eigenvalue weighted by atomic mass is 32.1. The van der Waals surface area contributed by atoms with Crippen molar-refractivity contribution in [2.24, 2.45) is 0 Å². The number of hydrogen-bond acceptors (Lipinski definition) is 4. The topological polar surface area (TPSA) is 59.4 Å². The minimum absolute atomic E-state index is 0.734. The summed E-state index contributed by atoms with van der Waals surface area (Å²) < 4.78 is 2.04.